The maximum Gasteiger partial charge on any atom is 0.316 e. The normalized spacial score (nSPS) is 10.0. The molecule has 3 amide bonds. The zero-order chi connectivity index (χ0) is 16.8. The lowest BCUT2D eigenvalue weighted by atomic mass is 10.1. The van der Waals surface area contributed by atoms with Gasteiger partial charge in [0.1, 0.15) is 5.75 Å². The van der Waals surface area contributed by atoms with E-state index in [1.54, 1.807) is 42.5 Å². The average Bonchev–Trinajstić information content (AvgIpc) is 2.53. The highest BCUT2D eigenvalue weighted by Crippen LogP contribution is 2.22. The van der Waals surface area contributed by atoms with Gasteiger partial charge in [0.25, 0.3) is 5.91 Å². The number of nitrogens with two attached hydrogens (primary N) is 1. The molecule has 0 atom stereocenters. The molecule has 4 N–H and O–H groups in total. The second-order valence-corrected chi connectivity index (χ2v) is 5.15. The van der Waals surface area contributed by atoms with Gasteiger partial charge in [0.2, 0.25) is 0 Å². The van der Waals surface area contributed by atoms with Crippen LogP contribution in [0.1, 0.15) is 15.9 Å². The van der Waals surface area contributed by atoms with Crippen molar-refractivity contribution < 1.29 is 14.3 Å². The predicted octanol–water partition coefficient (Wildman–Crippen LogP) is 2.77. The summed E-state index contributed by atoms with van der Waals surface area (Å²) in [5.41, 5.74) is 6.86. The van der Waals surface area contributed by atoms with Gasteiger partial charge in [0, 0.05) is 17.3 Å². The van der Waals surface area contributed by atoms with Crippen molar-refractivity contribution in [3.05, 3.63) is 58.6 Å². The maximum absolute atomic E-state index is 12.2. The Morgan fingerprint density at radius 3 is 2.48 bits per heavy atom. The highest BCUT2D eigenvalue weighted by atomic mass is 35.5. The van der Waals surface area contributed by atoms with Crippen LogP contribution in [-0.4, -0.2) is 19.0 Å². The Balaban J connectivity index is 2.02. The summed E-state index contributed by atoms with van der Waals surface area (Å²) < 4.78 is 5.15. The van der Waals surface area contributed by atoms with Crippen LogP contribution in [0.5, 0.6) is 5.75 Å². The van der Waals surface area contributed by atoms with Crippen molar-refractivity contribution in [2.75, 3.05) is 12.4 Å². The Morgan fingerprint density at radius 2 is 1.87 bits per heavy atom. The standard InChI is InChI=1S/C16H16ClN3O3/c1-23-14-7-4-11(17)8-13(14)15(21)19-9-10-2-5-12(6-3-10)20-16(18)22/h2-8H,9H2,1H3,(H,19,21)(H3,18,20,22). The number of anilines is 1. The van der Waals surface area contributed by atoms with Gasteiger partial charge in [-0.3, -0.25) is 4.79 Å². The zero-order valence-electron chi connectivity index (χ0n) is 12.4. The fraction of sp³-hybridized carbons (Fsp3) is 0.125. The molecule has 2 aromatic carbocycles. The highest BCUT2D eigenvalue weighted by Gasteiger charge is 2.12. The highest BCUT2D eigenvalue weighted by molar-refractivity contribution is 6.31. The van der Waals surface area contributed by atoms with Crippen LogP contribution >= 0.6 is 11.6 Å². The Morgan fingerprint density at radius 1 is 1.17 bits per heavy atom. The molecule has 0 unspecified atom stereocenters. The predicted molar refractivity (Wildman–Crippen MR) is 88.8 cm³/mol. The maximum atomic E-state index is 12.2. The van der Waals surface area contributed by atoms with Gasteiger partial charge in [-0.2, -0.15) is 0 Å². The minimum Gasteiger partial charge on any atom is -0.496 e. The van der Waals surface area contributed by atoms with E-state index in [9.17, 15) is 9.59 Å². The fourth-order valence-electron chi connectivity index (χ4n) is 1.98. The van der Waals surface area contributed by atoms with Crippen LogP contribution in [0.2, 0.25) is 5.02 Å². The number of hydrogen-bond acceptors (Lipinski definition) is 3. The summed E-state index contributed by atoms with van der Waals surface area (Å²) >= 11 is 5.91. The molecule has 0 fully saturated rings. The van der Waals surface area contributed by atoms with Gasteiger partial charge >= 0.3 is 6.03 Å². The van der Waals surface area contributed by atoms with Crippen molar-refractivity contribution in [3.8, 4) is 5.75 Å². The van der Waals surface area contributed by atoms with Gasteiger partial charge in [-0.25, -0.2) is 4.79 Å². The third-order valence-corrected chi connectivity index (χ3v) is 3.32. The number of hydrogen-bond donors (Lipinski definition) is 3. The van der Waals surface area contributed by atoms with Gasteiger partial charge in [-0.1, -0.05) is 23.7 Å². The van der Waals surface area contributed by atoms with Crippen LogP contribution < -0.4 is 21.1 Å². The minimum atomic E-state index is -0.626. The van der Waals surface area contributed by atoms with Crippen molar-refractivity contribution in [2.24, 2.45) is 5.73 Å². The molecule has 7 heteroatoms. The van der Waals surface area contributed by atoms with Crippen LogP contribution in [0.15, 0.2) is 42.5 Å². The van der Waals surface area contributed by atoms with E-state index in [0.29, 0.717) is 28.6 Å². The molecule has 2 aromatic rings. The SMILES string of the molecule is COc1ccc(Cl)cc1C(=O)NCc1ccc(NC(N)=O)cc1. The number of benzene rings is 2. The molecule has 120 valence electrons. The van der Waals surface area contributed by atoms with Gasteiger partial charge in [0.05, 0.1) is 12.7 Å². The molecule has 0 aliphatic heterocycles. The van der Waals surface area contributed by atoms with E-state index in [2.05, 4.69) is 10.6 Å². The van der Waals surface area contributed by atoms with E-state index in [1.165, 1.54) is 7.11 Å². The summed E-state index contributed by atoms with van der Waals surface area (Å²) in [6, 6.07) is 11.2. The van der Waals surface area contributed by atoms with Gasteiger partial charge < -0.3 is 21.1 Å². The number of amides is 3. The smallest absolute Gasteiger partial charge is 0.316 e. The second-order valence-electron chi connectivity index (χ2n) is 4.71. The first kappa shape index (κ1) is 16.6. The number of methoxy groups -OCH3 is 1. The molecule has 0 aliphatic rings. The molecule has 0 spiro atoms. The van der Waals surface area contributed by atoms with Crippen LogP contribution in [0.3, 0.4) is 0 Å². The molecule has 0 heterocycles. The van der Waals surface area contributed by atoms with Gasteiger partial charge in [-0.05, 0) is 35.9 Å². The number of rotatable bonds is 5. The van der Waals surface area contributed by atoms with Crippen LogP contribution in [0, 0.1) is 0 Å². The molecule has 0 aliphatic carbocycles. The molecule has 0 saturated heterocycles. The Labute approximate surface area is 138 Å². The second kappa shape index (κ2) is 7.51. The van der Waals surface area contributed by atoms with E-state index >= 15 is 0 Å². The number of halogens is 1. The number of urea groups is 1. The topological polar surface area (TPSA) is 93.4 Å². The largest absolute Gasteiger partial charge is 0.496 e. The number of carbonyl (C=O) groups is 2. The molecule has 2 rings (SSSR count). The van der Waals surface area contributed by atoms with E-state index in [0.717, 1.165) is 5.56 Å². The third-order valence-electron chi connectivity index (χ3n) is 3.08. The lowest BCUT2D eigenvalue weighted by Gasteiger charge is -2.10. The number of carbonyl (C=O) groups excluding carboxylic acids is 2. The fourth-order valence-corrected chi connectivity index (χ4v) is 2.16. The quantitative estimate of drug-likeness (QED) is 0.785. The summed E-state index contributed by atoms with van der Waals surface area (Å²) in [7, 11) is 1.49. The van der Waals surface area contributed by atoms with E-state index in [4.69, 9.17) is 22.1 Å². The average molecular weight is 334 g/mol. The molecular weight excluding hydrogens is 318 g/mol. The Hall–Kier alpha value is -2.73. The number of primary amides is 1. The zero-order valence-corrected chi connectivity index (χ0v) is 13.2. The van der Waals surface area contributed by atoms with Crippen molar-refractivity contribution in [1.82, 2.24) is 5.32 Å². The van der Waals surface area contributed by atoms with E-state index in [-0.39, 0.29) is 5.91 Å². The first-order chi connectivity index (χ1) is 11.0. The minimum absolute atomic E-state index is 0.288. The first-order valence-electron chi connectivity index (χ1n) is 6.76. The van der Waals surface area contributed by atoms with E-state index in [1.807, 2.05) is 0 Å². The first-order valence-corrected chi connectivity index (χ1v) is 7.14. The number of nitrogens with one attached hydrogen (secondary N) is 2. The summed E-state index contributed by atoms with van der Waals surface area (Å²) in [4.78, 5) is 23.0. The van der Waals surface area contributed by atoms with Crippen molar-refractivity contribution in [1.29, 1.82) is 0 Å². The summed E-state index contributed by atoms with van der Waals surface area (Å²) in [5, 5.41) is 5.71. The van der Waals surface area contributed by atoms with Gasteiger partial charge in [0.15, 0.2) is 0 Å². The van der Waals surface area contributed by atoms with Crippen LogP contribution in [0.25, 0.3) is 0 Å². The number of ether oxygens (including phenoxy) is 1. The van der Waals surface area contributed by atoms with Crippen LogP contribution in [0.4, 0.5) is 10.5 Å². The monoisotopic (exact) mass is 333 g/mol. The molecule has 0 aromatic heterocycles. The van der Waals surface area contributed by atoms with E-state index < -0.39 is 6.03 Å². The summed E-state index contributed by atoms with van der Waals surface area (Å²) in [6.07, 6.45) is 0. The third kappa shape index (κ3) is 4.62. The molecule has 0 bridgehead atoms. The lowest BCUT2D eigenvalue weighted by molar-refractivity contribution is 0.0948. The van der Waals surface area contributed by atoms with Crippen molar-refractivity contribution in [3.63, 3.8) is 0 Å². The molecule has 0 radical (unpaired) electrons. The Bertz CT molecular complexity index is 717. The summed E-state index contributed by atoms with van der Waals surface area (Å²) in [6.45, 7) is 0.325. The van der Waals surface area contributed by atoms with Crippen molar-refractivity contribution >= 4 is 29.2 Å². The van der Waals surface area contributed by atoms with Gasteiger partial charge in [-0.15, -0.1) is 0 Å². The Kier molecular flexibility index (Phi) is 5.43. The summed E-state index contributed by atoms with van der Waals surface area (Å²) in [5.74, 6) is 0.164. The van der Waals surface area contributed by atoms with Crippen LogP contribution in [-0.2, 0) is 6.54 Å². The molecular formula is C16H16ClN3O3. The molecule has 6 nitrogen and oxygen atoms in total. The molecule has 23 heavy (non-hydrogen) atoms. The lowest BCUT2D eigenvalue weighted by Crippen LogP contribution is -2.23. The molecule has 0 saturated carbocycles. The van der Waals surface area contributed by atoms with Crippen molar-refractivity contribution in [2.45, 2.75) is 6.54 Å².